The van der Waals surface area contributed by atoms with E-state index in [2.05, 4.69) is 24.8 Å². The zero-order valence-corrected chi connectivity index (χ0v) is 10.8. The largest absolute Gasteiger partial charge is 0.356 e. The Kier molecular flexibility index (Phi) is 2.40. The summed E-state index contributed by atoms with van der Waals surface area (Å²) >= 11 is 0. The number of hydrogen-bond donors (Lipinski definition) is 1. The van der Waals surface area contributed by atoms with Gasteiger partial charge in [-0.05, 0) is 51.2 Å². The van der Waals surface area contributed by atoms with E-state index in [0.29, 0.717) is 0 Å². The second-order valence-corrected chi connectivity index (χ2v) is 5.63. The molecule has 0 aromatic carbocycles. The number of pyridine rings is 1. The maximum Gasteiger partial charge on any atom is 0.134 e. The molecular weight excluding hydrogens is 210 g/mol. The minimum atomic E-state index is -0.0806. The molecule has 3 nitrogen and oxygen atoms in total. The van der Waals surface area contributed by atoms with Crippen molar-refractivity contribution in [1.82, 2.24) is 4.98 Å². The Balaban J connectivity index is 2.10. The lowest BCUT2D eigenvalue weighted by molar-refractivity contribution is 0.717. The Bertz CT molecular complexity index is 443. The van der Waals surface area contributed by atoms with Crippen LogP contribution in [0, 0.1) is 13.8 Å². The molecule has 2 aliphatic rings. The lowest BCUT2D eigenvalue weighted by Gasteiger charge is -2.25. The van der Waals surface area contributed by atoms with Gasteiger partial charge >= 0.3 is 0 Å². The third kappa shape index (κ3) is 1.82. The summed E-state index contributed by atoms with van der Waals surface area (Å²) in [6.45, 7) is 6.53. The highest BCUT2D eigenvalue weighted by atomic mass is 15.2. The number of rotatable bonds is 2. The maximum absolute atomic E-state index is 6.42. The Labute approximate surface area is 103 Å². The van der Waals surface area contributed by atoms with Gasteiger partial charge in [-0.25, -0.2) is 4.98 Å². The first kappa shape index (κ1) is 11.0. The molecule has 1 saturated heterocycles. The summed E-state index contributed by atoms with van der Waals surface area (Å²) < 4.78 is 0. The minimum Gasteiger partial charge on any atom is -0.356 e. The third-order valence-corrected chi connectivity index (χ3v) is 4.02. The Morgan fingerprint density at radius 3 is 2.47 bits per heavy atom. The molecule has 1 saturated carbocycles. The molecule has 92 valence electrons. The van der Waals surface area contributed by atoms with Gasteiger partial charge in [0.05, 0.1) is 0 Å². The predicted molar refractivity (Wildman–Crippen MR) is 70.3 cm³/mol. The van der Waals surface area contributed by atoms with Crippen molar-refractivity contribution < 1.29 is 0 Å². The quantitative estimate of drug-likeness (QED) is 0.849. The van der Waals surface area contributed by atoms with Gasteiger partial charge in [0.2, 0.25) is 0 Å². The second kappa shape index (κ2) is 3.70. The van der Waals surface area contributed by atoms with Gasteiger partial charge in [-0.2, -0.15) is 0 Å². The molecule has 1 aliphatic heterocycles. The van der Waals surface area contributed by atoms with E-state index < -0.39 is 0 Å². The fourth-order valence-corrected chi connectivity index (χ4v) is 2.97. The molecule has 1 aromatic rings. The van der Waals surface area contributed by atoms with Crippen LogP contribution in [0.4, 0.5) is 5.82 Å². The van der Waals surface area contributed by atoms with Gasteiger partial charge in [0, 0.05) is 29.9 Å². The van der Waals surface area contributed by atoms with Gasteiger partial charge in [0.15, 0.2) is 0 Å². The van der Waals surface area contributed by atoms with Crippen LogP contribution in [-0.2, 0) is 5.54 Å². The molecule has 3 rings (SSSR count). The van der Waals surface area contributed by atoms with Crippen LogP contribution in [0.15, 0.2) is 6.07 Å². The van der Waals surface area contributed by atoms with Crippen LogP contribution in [0.3, 0.4) is 0 Å². The molecule has 1 aliphatic carbocycles. The fourth-order valence-electron chi connectivity index (χ4n) is 2.97. The van der Waals surface area contributed by atoms with Crippen LogP contribution in [-0.4, -0.2) is 18.1 Å². The first-order valence-corrected chi connectivity index (χ1v) is 6.63. The molecule has 0 radical (unpaired) electrons. The van der Waals surface area contributed by atoms with Crippen LogP contribution in [0.25, 0.3) is 0 Å². The van der Waals surface area contributed by atoms with Gasteiger partial charge in [0.25, 0.3) is 0 Å². The zero-order valence-electron chi connectivity index (χ0n) is 10.8. The number of nitrogens with two attached hydrogens (primary N) is 1. The molecule has 17 heavy (non-hydrogen) atoms. The highest BCUT2D eigenvalue weighted by Gasteiger charge is 2.44. The van der Waals surface area contributed by atoms with Crippen molar-refractivity contribution in [2.24, 2.45) is 5.73 Å². The normalized spacial score (nSPS) is 21.9. The Hall–Kier alpha value is -1.09. The molecular formula is C14H21N3. The number of aromatic nitrogens is 1. The van der Waals surface area contributed by atoms with Crippen LogP contribution >= 0.6 is 0 Å². The monoisotopic (exact) mass is 231 g/mol. The number of aryl methyl sites for hydroxylation is 2. The summed E-state index contributed by atoms with van der Waals surface area (Å²) in [6.07, 6.45) is 4.79. The van der Waals surface area contributed by atoms with Crippen molar-refractivity contribution in [3.05, 3.63) is 22.9 Å². The van der Waals surface area contributed by atoms with Gasteiger partial charge in [0.1, 0.15) is 5.82 Å². The second-order valence-electron chi connectivity index (χ2n) is 5.63. The molecule has 2 N–H and O–H groups in total. The summed E-state index contributed by atoms with van der Waals surface area (Å²) in [5, 5.41) is 0. The van der Waals surface area contributed by atoms with E-state index >= 15 is 0 Å². The topological polar surface area (TPSA) is 42.1 Å². The summed E-state index contributed by atoms with van der Waals surface area (Å²) in [7, 11) is 0. The number of nitrogens with zero attached hydrogens (tertiary/aromatic N) is 2. The molecule has 2 heterocycles. The van der Waals surface area contributed by atoms with Crippen LogP contribution in [0.5, 0.6) is 0 Å². The smallest absolute Gasteiger partial charge is 0.134 e. The zero-order chi connectivity index (χ0) is 12.0. The lowest BCUT2D eigenvalue weighted by atomic mass is 9.99. The van der Waals surface area contributed by atoms with Gasteiger partial charge in [-0.3, -0.25) is 0 Å². The first-order chi connectivity index (χ1) is 8.10. The maximum atomic E-state index is 6.42. The summed E-state index contributed by atoms with van der Waals surface area (Å²) in [4.78, 5) is 7.19. The first-order valence-electron chi connectivity index (χ1n) is 6.63. The van der Waals surface area contributed by atoms with E-state index in [1.165, 1.54) is 29.8 Å². The molecule has 0 unspecified atom stereocenters. The van der Waals surface area contributed by atoms with Crippen molar-refractivity contribution >= 4 is 5.82 Å². The summed E-state index contributed by atoms with van der Waals surface area (Å²) in [5.41, 5.74) is 10.1. The average molecular weight is 231 g/mol. The Morgan fingerprint density at radius 2 is 1.88 bits per heavy atom. The fraction of sp³-hybridized carbons (Fsp3) is 0.643. The molecule has 0 amide bonds. The van der Waals surface area contributed by atoms with E-state index in [9.17, 15) is 0 Å². The Morgan fingerprint density at radius 1 is 1.24 bits per heavy atom. The third-order valence-electron chi connectivity index (χ3n) is 4.02. The van der Waals surface area contributed by atoms with E-state index in [4.69, 9.17) is 10.7 Å². The molecule has 0 bridgehead atoms. The summed E-state index contributed by atoms with van der Waals surface area (Å²) in [6, 6.07) is 2.17. The SMILES string of the molecule is Cc1cc(C)c(C2(N)CC2)c(N2CCCC2)n1. The van der Waals surface area contributed by atoms with Crippen LogP contribution < -0.4 is 10.6 Å². The standard InChI is InChI=1S/C14H21N3/c1-10-9-11(2)16-13(17-7-3-4-8-17)12(10)14(15)5-6-14/h9H,3-8,15H2,1-2H3. The highest BCUT2D eigenvalue weighted by Crippen LogP contribution is 2.47. The van der Waals surface area contributed by atoms with E-state index in [-0.39, 0.29) is 5.54 Å². The van der Waals surface area contributed by atoms with Crippen LogP contribution in [0.2, 0.25) is 0 Å². The van der Waals surface area contributed by atoms with Crippen molar-refractivity contribution in [3.63, 3.8) is 0 Å². The van der Waals surface area contributed by atoms with Crippen LogP contribution in [0.1, 0.15) is 42.5 Å². The van der Waals surface area contributed by atoms with Gasteiger partial charge in [-0.1, -0.05) is 0 Å². The lowest BCUT2D eigenvalue weighted by Crippen LogP contribution is -2.28. The van der Waals surface area contributed by atoms with Gasteiger partial charge < -0.3 is 10.6 Å². The molecule has 3 heteroatoms. The number of anilines is 1. The van der Waals surface area contributed by atoms with E-state index in [1.54, 1.807) is 0 Å². The van der Waals surface area contributed by atoms with Crippen molar-refractivity contribution in [3.8, 4) is 0 Å². The summed E-state index contributed by atoms with van der Waals surface area (Å²) in [5.74, 6) is 1.17. The van der Waals surface area contributed by atoms with E-state index in [1.807, 2.05) is 0 Å². The number of hydrogen-bond acceptors (Lipinski definition) is 3. The predicted octanol–water partition coefficient (Wildman–Crippen LogP) is 2.25. The van der Waals surface area contributed by atoms with Gasteiger partial charge in [-0.15, -0.1) is 0 Å². The molecule has 1 aromatic heterocycles. The molecule has 2 fully saturated rings. The van der Waals surface area contributed by atoms with Crippen molar-refractivity contribution in [2.75, 3.05) is 18.0 Å². The minimum absolute atomic E-state index is 0.0806. The highest BCUT2D eigenvalue weighted by molar-refractivity contribution is 5.57. The van der Waals surface area contributed by atoms with Crippen molar-refractivity contribution in [2.45, 2.75) is 45.1 Å². The molecule has 0 atom stereocenters. The van der Waals surface area contributed by atoms with E-state index in [0.717, 1.165) is 31.6 Å². The van der Waals surface area contributed by atoms with Crippen molar-refractivity contribution in [1.29, 1.82) is 0 Å². The molecule has 0 spiro atoms. The average Bonchev–Trinajstić information content (AvgIpc) is 2.82.